The van der Waals surface area contributed by atoms with Crippen molar-refractivity contribution in [2.24, 2.45) is 0 Å². The van der Waals surface area contributed by atoms with Crippen LogP contribution in [0, 0.1) is 0 Å². The average molecular weight is 424 g/mol. The third kappa shape index (κ3) is 5.11. The van der Waals surface area contributed by atoms with E-state index in [4.69, 9.17) is 4.74 Å². The summed E-state index contributed by atoms with van der Waals surface area (Å²) >= 11 is 0. The summed E-state index contributed by atoms with van der Waals surface area (Å²) in [5.41, 5.74) is 1.03. The monoisotopic (exact) mass is 423 g/mol. The molecule has 2 heterocycles. The van der Waals surface area contributed by atoms with Crippen LogP contribution < -0.4 is 14.7 Å². The van der Waals surface area contributed by atoms with Crippen LogP contribution in [0.25, 0.3) is 5.76 Å². The molecule has 0 bridgehead atoms. The second kappa shape index (κ2) is 10.2. The van der Waals surface area contributed by atoms with Crippen LogP contribution in [0.5, 0.6) is 5.75 Å². The maximum atomic E-state index is 13.3. The minimum Gasteiger partial charge on any atom is -0.872 e. The molecule has 1 N–H and O–H groups in total. The van der Waals surface area contributed by atoms with Crippen molar-refractivity contribution in [2.75, 3.05) is 33.8 Å². The molecule has 7 nitrogen and oxygen atoms in total. The number of Topliss-reactive ketones (excluding diaryl/α,β-unsaturated/α-hetero) is 1. The largest absolute Gasteiger partial charge is 0.872 e. The lowest BCUT2D eigenvalue weighted by Gasteiger charge is -2.28. The summed E-state index contributed by atoms with van der Waals surface area (Å²) in [6.45, 7) is 3.82. The SMILES string of the molecule is CCCOc1cccc(C2C(=C([O-])c3ccncc3)C(=O)C(=O)N2CCC[NH+](C)C)c1. The molecule has 1 aromatic heterocycles. The highest BCUT2D eigenvalue weighted by atomic mass is 16.5. The molecule has 2 aromatic rings. The molecule has 164 valence electrons. The zero-order chi connectivity index (χ0) is 22.4. The van der Waals surface area contributed by atoms with Crippen molar-refractivity contribution in [3.63, 3.8) is 0 Å². The Bertz CT molecular complexity index is 956. The fourth-order valence-electron chi connectivity index (χ4n) is 3.70. The molecule has 1 saturated heterocycles. The van der Waals surface area contributed by atoms with E-state index in [9.17, 15) is 14.7 Å². The molecular weight excluding hydrogens is 394 g/mol. The number of aromatic nitrogens is 1. The maximum absolute atomic E-state index is 13.3. The summed E-state index contributed by atoms with van der Waals surface area (Å²) in [4.78, 5) is 32.6. The van der Waals surface area contributed by atoms with Gasteiger partial charge < -0.3 is 19.6 Å². The van der Waals surface area contributed by atoms with Crippen LogP contribution in [0.3, 0.4) is 0 Å². The van der Waals surface area contributed by atoms with Gasteiger partial charge >= 0.3 is 0 Å². The van der Waals surface area contributed by atoms with Gasteiger partial charge in [0.15, 0.2) is 0 Å². The molecule has 0 aliphatic carbocycles. The quantitative estimate of drug-likeness (QED) is 0.363. The molecule has 1 unspecified atom stereocenters. The lowest BCUT2D eigenvalue weighted by molar-refractivity contribution is -0.858. The molecular formula is C24H29N3O4. The van der Waals surface area contributed by atoms with E-state index >= 15 is 0 Å². The summed E-state index contributed by atoms with van der Waals surface area (Å²) in [7, 11) is 4.07. The van der Waals surface area contributed by atoms with Crippen LogP contribution in [-0.4, -0.2) is 55.4 Å². The normalized spacial score (nSPS) is 18.1. The minimum absolute atomic E-state index is 0.0129. The number of hydrogen-bond donors (Lipinski definition) is 1. The van der Waals surface area contributed by atoms with Crippen LogP contribution in [-0.2, 0) is 9.59 Å². The van der Waals surface area contributed by atoms with Gasteiger partial charge in [-0.3, -0.25) is 14.6 Å². The van der Waals surface area contributed by atoms with Crippen molar-refractivity contribution in [1.82, 2.24) is 9.88 Å². The Labute approximate surface area is 183 Å². The molecule has 7 heteroatoms. The minimum atomic E-state index is -0.733. The van der Waals surface area contributed by atoms with Gasteiger partial charge in [0.05, 0.1) is 33.3 Å². The van der Waals surface area contributed by atoms with Crippen LogP contribution in [0.1, 0.15) is 36.9 Å². The smallest absolute Gasteiger partial charge is 0.295 e. The average Bonchev–Trinajstić information content (AvgIpc) is 3.03. The van der Waals surface area contributed by atoms with Crippen LogP contribution in [0.15, 0.2) is 54.4 Å². The van der Waals surface area contributed by atoms with Gasteiger partial charge in [-0.1, -0.05) is 24.8 Å². The highest BCUT2D eigenvalue weighted by Crippen LogP contribution is 2.39. The number of hydrogen-bond acceptors (Lipinski definition) is 5. The number of nitrogens with one attached hydrogen (secondary N) is 1. The molecule has 1 fully saturated rings. The zero-order valence-electron chi connectivity index (χ0n) is 18.3. The fourth-order valence-corrected chi connectivity index (χ4v) is 3.70. The molecule has 1 atom stereocenters. The van der Waals surface area contributed by atoms with Gasteiger partial charge in [-0.15, -0.1) is 0 Å². The lowest BCUT2D eigenvalue weighted by atomic mass is 9.95. The number of carbonyl (C=O) groups excluding carboxylic acids is 2. The van der Waals surface area contributed by atoms with Gasteiger partial charge in [0, 0.05) is 30.9 Å². The number of amides is 1. The maximum Gasteiger partial charge on any atom is 0.295 e. The number of likely N-dealkylation sites (tertiary alicyclic amines) is 1. The summed E-state index contributed by atoms with van der Waals surface area (Å²) in [6, 6.07) is 9.69. The lowest BCUT2D eigenvalue weighted by Crippen LogP contribution is -3.05. The number of pyridine rings is 1. The van der Waals surface area contributed by atoms with E-state index < -0.39 is 23.5 Å². The van der Waals surface area contributed by atoms with Gasteiger partial charge in [-0.2, -0.15) is 0 Å². The standard InChI is InChI=1S/C24H29N3O4/c1-4-15-31-19-8-5-7-18(16-19)21-20(22(28)17-9-11-25-12-10-17)23(29)24(30)27(21)14-6-13-26(2)3/h5,7-12,16,21,28H,4,6,13-15H2,1-3H3. The first kappa shape index (κ1) is 22.5. The molecule has 1 aliphatic rings. The third-order valence-electron chi connectivity index (χ3n) is 5.19. The van der Waals surface area contributed by atoms with Gasteiger partial charge in [0.2, 0.25) is 5.78 Å². The molecule has 1 amide bonds. The second-order valence-corrected chi connectivity index (χ2v) is 7.94. The second-order valence-electron chi connectivity index (χ2n) is 7.94. The predicted molar refractivity (Wildman–Crippen MR) is 115 cm³/mol. The fraction of sp³-hybridized carbons (Fsp3) is 0.375. The van der Waals surface area contributed by atoms with Crippen molar-refractivity contribution in [1.29, 1.82) is 0 Å². The van der Waals surface area contributed by atoms with Crippen LogP contribution in [0.2, 0.25) is 0 Å². The van der Waals surface area contributed by atoms with Gasteiger partial charge in [-0.25, -0.2) is 0 Å². The van der Waals surface area contributed by atoms with E-state index in [1.165, 1.54) is 22.2 Å². The van der Waals surface area contributed by atoms with E-state index in [-0.39, 0.29) is 5.57 Å². The van der Waals surface area contributed by atoms with Crippen molar-refractivity contribution in [3.05, 3.63) is 65.5 Å². The van der Waals surface area contributed by atoms with Crippen molar-refractivity contribution in [3.8, 4) is 5.75 Å². The Morgan fingerprint density at radius 3 is 2.61 bits per heavy atom. The van der Waals surface area contributed by atoms with E-state index in [0.717, 1.165) is 19.4 Å². The van der Waals surface area contributed by atoms with Crippen molar-refractivity contribution >= 4 is 17.4 Å². The van der Waals surface area contributed by atoms with Crippen LogP contribution >= 0.6 is 0 Å². The van der Waals surface area contributed by atoms with Crippen LogP contribution in [0.4, 0.5) is 0 Å². The zero-order valence-corrected chi connectivity index (χ0v) is 18.3. The topological polar surface area (TPSA) is 87.0 Å². The summed E-state index contributed by atoms with van der Waals surface area (Å²) in [5.74, 6) is -1.15. The van der Waals surface area contributed by atoms with E-state index in [1.54, 1.807) is 12.1 Å². The Morgan fingerprint density at radius 1 is 1.19 bits per heavy atom. The number of nitrogens with zero attached hydrogens (tertiary/aromatic N) is 2. The molecule has 0 spiro atoms. The van der Waals surface area contributed by atoms with Crippen molar-refractivity contribution < 1.29 is 24.3 Å². The molecule has 3 rings (SSSR count). The first-order valence-corrected chi connectivity index (χ1v) is 10.6. The van der Waals surface area contributed by atoms with Gasteiger partial charge in [0.25, 0.3) is 5.91 Å². The number of ketones is 1. The number of carbonyl (C=O) groups is 2. The molecule has 31 heavy (non-hydrogen) atoms. The first-order valence-electron chi connectivity index (χ1n) is 10.6. The summed E-state index contributed by atoms with van der Waals surface area (Å²) in [6.07, 6.45) is 4.59. The number of rotatable bonds is 9. The molecule has 1 aliphatic heterocycles. The molecule has 0 radical (unpaired) electrons. The van der Waals surface area contributed by atoms with Crippen molar-refractivity contribution in [2.45, 2.75) is 25.8 Å². The number of benzene rings is 1. The summed E-state index contributed by atoms with van der Waals surface area (Å²) < 4.78 is 5.74. The number of quaternary nitrogens is 1. The van der Waals surface area contributed by atoms with Gasteiger partial charge in [0.1, 0.15) is 5.75 Å². The highest BCUT2D eigenvalue weighted by Gasteiger charge is 2.44. The Kier molecular flexibility index (Phi) is 7.41. The van der Waals surface area contributed by atoms with E-state index in [1.807, 2.05) is 45.3 Å². The molecule has 1 aromatic carbocycles. The molecule has 0 saturated carbocycles. The summed E-state index contributed by atoms with van der Waals surface area (Å²) in [5, 5.41) is 13.3. The van der Waals surface area contributed by atoms with Gasteiger partial charge in [-0.05, 0) is 41.8 Å². The Morgan fingerprint density at radius 2 is 1.94 bits per heavy atom. The Balaban J connectivity index is 2.06. The predicted octanol–water partition coefficient (Wildman–Crippen LogP) is 0.629. The Hall–Kier alpha value is -3.19. The first-order chi connectivity index (χ1) is 14.9. The van der Waals surface area contributed by atoms with E-state index in [2.05, 4.69) is 4.98 Å². The van der Waals surface area contributed by atoms with E-state index in [0.29, 0.717) is 30.0 Å². The highest BCUT2D eigenvalue weighted by molar-refractivity contribution is 6.46. The number of ether oxygens (including phenoxy) is 1. The third-order valence-corrected chi connectivity index (χ3v) is 5.19.